The largest absolute Gasteiger partial charge is 0.497 e. The van der Waals surface area contributed by atoms with Crippen molar-refractivity contribution in [2.45, 2.75) is 19.8 Å². The standard InChI is InChI=1S/C24H20N2O6/c1-11-9-17(27)31-15-10-16(30-4)22-20(18(11)15)19(13-5-7-14(29-3)8-6-13)21-23(28)25-12(2)26-24(21)32-22/h5-10,19H,1-4H3,(H,25,26,28). The molecule has 0 bridgehead atoms. The number of rotatable bonds is 3. The van der Waals surface area contributed by atoms with Crippen molar-refractivity contribution >= 4 is 11.0 Å². The van der Waals surface area contributed by atoms with Gasteiger partial charge < -0.3 is 23.6 Å². The zero-order valence-corrected chi connectivity index (χ0v) is 17.9. The lowest BCUT2D eigenvalue weighted by atomic mass is 9.81. The third kappa shape index (κ3) is 2.95. The highest BCUT2D eigenvalue weighted by Gasteiger charge is 2.37. The molecule has 8 heteroatoms. The number of aromatic nitrogens is 2. The van der Waals surface area contributed by atoms with Crippen LogP contribution in [0.15, 0.2) is 50.4 Å². The summed E-state index contributed by atoms with van der Waals surface area (Å²) >= 11 is 0. The number of nitrogens with one attached hydrogen (secondary N) is 1. The molecule has 0 saturated heterocycles. The maximum Gasteiger partial charge on any atom is 0.336 e. The molecule has 1 aliphatic rings. The Balaban J connectivity index is 1.94. The third-order valence-electron chi connectivity index (χ3n) is 5.67. The third-order valence-corrected chi connectivity index (χ3v) is 5.67. The number of benzene rings is 2. The van der Waals surface area contributed by atoms with Crippen LogP contribution in [-0.2, 0) is 0 Å². The molecule has 162 valence electrons. The van der Waals surface area contributed by atoms with Gasteiger partial charge in [0.1, 0.15) is 17.2 Å². The van der Waals surface area contributed by atoms with Crippen LogP contribution in [0.1, 0.15) is 34.0 Å². The molecular weight excluding hydrogens is 412 g/mol. The second-order valence-electron chi connectivity index (χ2n) is 7.62. The number of fused-ring (bicyclic) bond motifs is 4. The van der Waals surface area contributed by atoms with E-state index in [1.54, 1.807) is 20.1 Å². The molecular formula is C24H20N2O6. The molecule has 3 heterocycles. The van der Waals surface area contributed by atoms with Gasteiger partial charge in [0.25, 0.3) is 5.56 Å². The van der Waals surface area contributed by atoms with Crippen molar-refractivity contribution < 1.29 is 18.6 Å². The van der Waals surface area contributed by atoms with Crippen molar-refractivity contribution in [3.05, 3.63) is 85.3 Å². The number of aryl methyl sites for hydroxylation is 2. The molecule has 2 aromatic heterocycles. The molecule has 0 amide bonds. The molecule has 0 spiro atoms. The Hall–Kier alpha value is -4.07. The van der Waals surface area contributed by atoms with Gasteiger partial charge in [-0.3, -0.25) is 4.79 Å². The number of hydrogen-bond acceptors (Lipinski definition) is 7. The second kappa shape index (κ2) is 7.26. The van der Waals surface area contributed by atoms with Crippen LogP contribution >= 0.6 is 0 Å². The van der Waals surface area contributed by atoms with Crippen LogP contribution in [0.4, 0.5) is 0 Å². The summed E-state index contributed by atoms with van der Waals surface area (Å²) in [4.78, 5) is 32.4. The van der Waals surface area contributed by atoms with Gasteiger partial charge >= 0.3 is 5.63 Å². The van der Waals surface area contributed by atoms with Crippen molar-refractivity contribution in [2.24, 2.45) is 0 Å². The number of nitrogens with zero attached hydrogens (tertiary/aromatic N) is 1. The number of aromatic amines is 1. The molecule has 0 fully saturated rings. The zero-order valence-electron chi connectivity index (χ0n) is 17.9. The summed E-state index contributed by atoms with van der Waals surface area (Å²) in [5.41, 5.74) is 2.16. The Kier molecular flexibility index (Phi) is 4.51. The first-order valence-corrected chi connectivity index (χ1v) is 9.99. The Morgan fingerprint density at radius 3 is 2.44 bits per heavy atom. The van der Waals surface area contributed by atoms with E-state index in [0.717, 1.165) is 5.56 Å². The van der Waals surface area contributed by atoms with Crippen molar-refractivity contribution in [1.82, 2.24) is 9.97 Å². The molecule has 1 aliphatic heterocycles. The number of methoxy groups -OCH3 is 2. The quantitative estimate of drug-likeness (QED) is 0.433. The summed E-state index contributed by atoms with van der Waals surface area (Å²) in [6, 6.07) is 10.5. The normalized spacial score (nSPS) is 14.4. The van der Waals surface area contributed by atoms with E-state index in [9.17, 15) is 9.59 Å². The maximum absolute atomic E-state index is 13.1. The number of ether oxygens (including phenoxy) is 3. The number of hydrogen-bond donors (Lipinski definition) is 1. The van der Waals surface area contributed by atoms with E-state index in [4.69, 9.17) is 18.6 Å². The minimum absolute atomic E-state index is 0.215. The first kappa shape index (κ1) is 19.9. The second-order valence-corrected chi connectivity index (χ2v) is 7.62. The van der Waals surface area contributed by atoms with Crippen molar-refractivity contribution in [1.29, 1.82) is 0 Å². The molecule has 1 N–H and O–H groups in total. The lowest BCUT2D eigenvalue weighted by Crippen LogP contribution is -2.25. The van der Waals surface area contributed by atoms with Gasteiger partial charge in [-0.1, -0.05) is 12.1 Å². The van der Waals surface area contributed by atoms with Gasteiger partial charge in [-0.05, 0) is 37.1 Å². The molecule has 2 aromatic carbocycles. The van der Waals surface area contributed by atoms with E-state index >= 15 is 0 Å². The molecule has 0 aliphatic carbocycles. The minimum atomic E-state index is -0.541. The van der Waals surface area contributed by atoms with Crippen LogP contribution in [0.5, 0.6) is 23.1 Å². The highest BCUT2D eigenvalue weighted by atomic mass is 16.5. The molecule has 1 unspecified atom stereocenters. The van der Waals surface area contributed by atoms with E-state index < -0.39 is 11.5 Å². The van der Waals surface area contributed by atoms with E-state index in [1.165, 1.54) is 13.2 Å². The Labute approximate surface area is 182 Å². The summed E-state index contributed by atoms with van der Waals surface area (Å²) in [5.74, 6) is 1.61. The van der Waals surface area contributed by atoms with Gasteiger partial charge in [-0.25, -0.2) is 4.79 Å². The summed E-state index contributed by atoms with van der Waals surface area (Å²) in [7, 11) is 3.10. The average Bonchev–Trinajstić information content (AvgIpc) is 2.76. The van der Waals surface area contributed by atoms with E-state index in [2.05, 4.69) is 9.97 Å². The smallest absolute Gasteiger partial charge is 0.336 e. The van der Waals surface area contributed by atoms with Gasteiger partial charge in [0.2, 0.25) is 5.88 Å². The molecule has 1 atom stereocenters. The highest BCUT2D eigenvalue weighted by Crippen LogP contribution is 2.52. The topological polar surface area (TPSA) is 104 Å². The van der Waals surface area contributed by atoms with E-state index in [1.807, 2.05) is 31.2 Å². The molecule has 8 nitrogen and oxygen atoms in total. The Morgan fingerprint density at radius 1 is 1.00 bits per heavy atom. The highest BCUT2D eigenvalue weighted by molar-refractivity contribution is 5.91. The summed E-state index contributed by atoms with van der Waals surface area (Å²) in [6.45, 7) is 3.52. The van der Waals surface area contributed by atoms with Crippen LogP contribution in [0.2, 0.25) is 0 Å². The number of H-pyrrole nitrogens is 1. The SMILES string of the molecule is COc1ccc(C2c3c(nc(C)[nH]c3=O)Oc3c(OC)cc4oc(=O)cc(C)c4c32)cc1. The van der Waals surface area contributed by atoms with E-state index in [0.29, 0.717) is 50.7 Å². The lowest BCUT2D eigenvalue weighted by molar-refractivity contribution is 0.361. The van der Waals surface area contributed by atoms with E-state index in [-0.39, 0.29) is 11.4 Å². The predicted octanol–water partition coefficient (Wildman–Crippen LogP) is 3.80. The summed E-state index contributed by atoms with van der Waals surface area (Å²) < 4.78 is 22.5. The fraction of sp³-hybridized carbons (Fsp3) is 0.208. The fourth-order valence-electron chi connectivity index (χ4n) is 4.31. The van der Waals surface area contributed by atoms with Gasteiger partial charge in [0.15, 0.2) is 11.5 Å². The molecule has 5 rings (SSSR count). The van der Waals surface area contributed by atoms with Crippen molar-refractivity contribution in [2.75, 3.05) is 14.2 Å². The van der Waals surface area contributed by atoms with Crippen LogP contribution < -0.4 is 25.4 Å². The molecule has 0 radical (unpaired) electrons. The van der Waals surface area contributed by atoms with Crippen LogP contribution in [-0.4, -0.2) is 24.2 Å². The van der Waals surface area contributed by atoms with Crippen molar-refractivity contribution in [3.8, 4) is 23.1 Å². The lowest BCUT2D eigenvalue weighted by Gasteiger charge is -2.29. The Bertz CT molecular complexity index is 1480. The molecule has 0 saturated carbocycles. The van der Waals surface area contributed by atoms with Gasteiger partial charge in [0, 0.05) is 29.0 Å². The van der Waals surface area contributed by atoms with Gasteiger partial charge in [0.05, 0.1) is 19.8 Å². The van der Waals surface area contributed by atoms with Crippen LogP contribution in [0.25, 0.3) is 11.0 Å². The predicted molar refractivity (Wildman–Crippen MR) is 117 cm³/mol. The van der Waals surface area contributed by atoms with Crippen LogP contribution in [0.3, 0.4) is 0 Å². The minimum Gasteiger partial charge on any atom is -0.497 e. The molecule has 4 aromatic rings. The molecule has 32 heavy (non-hydrogen) atoms. The fourth-order valence-corrected chi connectivity index (χ4v) is 4.31. The first-order chi connectivity index (χ1) is 15.4. The van der Waals surface area contributed by atoms with Crippen LogP contribution in [0, 0.1) is 13.8 Å². The Morgan fingerprint density at radius 2 is 1.75 bits per heavy atom. The van der Waals surface area contributed by atoms with Gasteiger partial charge in [-0.2, -0.15) is 4.98 Å². The first-order valence-electron chi connectivity index (χ1n) is 9.99. The summed E-state index contributed by atoms with van der Waals surface area (Å²) in [6.07, 6.45) is 0. The van der Waals surface area contributed by atoms with Gasteiger partial charge in [-0.15, -0.1) is 0 Å². The van der Waals surface area contributed by atoms with Crippen molar-refractivity contribution in [3.63, 3.8) is 0 Å². The monoisotopic (exact) mass is 432 g/mol. The zero-order chi connectivity index (χ0) is 22.6. The summed E-state index contributed by atoms with van der Waals surface area (Å²) in [5, 5.41) is 0.687. The average molecular weight is 432 g/mol. The maximum atomic E-state index is 13.1.